The van der Waals surface area contributed by atoms with Gasteiger partial charge in [-0.1, -0.05) is 37.3 Å². The molecule has 4 rings (SSSR count). The predicted molar refractivity (Wildman–Crippen MR) is 118 cm³/mol. The number of benzene rings is 3. The smallest absolute Gasteiger partial charge is 0.344 e. The van der Waals surface area contributed by atoms with Crippen LogP contribution in [0.5, 0.6) is 17.2 Å². The van der Waals surface area contributed by atoms with Gasteiger partial charge in [-0.15, -0.1) is 0 Å². The number of carbonyl (C=O) groups excluding carboxylic acids is 1. The number of ether oxygens (including phenoxy) is 3. The molecular formula is C25H22O6. The van der Waals surface area contributed by atoms with Gasteiger partial charge in [0.1, 0.15) is 23.3 Å². The van der Waals surface area contributed by atoms with Crippen LogP contribution < -0.4 is 14.9 Å². The highest BCUT2D eigenvalue weighted by molar-refractivity contribution is 5.84. The number of hydrogen-bond donors (Lipinski definition) is 0. The summed E-state index contributed by atoms with van der Waals surface area (Å²) in [6, 6.07) is 18.3. The first-order chi connectivity index (χ1) is 15.0. The van der Waals surface area contributed by atoms with E-state index in [1.165, 1.54) is 6.26 Å². The quantitative estimate of drug-likeness (QED) is 0.371. The van der Waals surface area contributed by atoms with E-state index in [0.717, 1.165) is 17.2 Å². The zero-order chi connectivity index (χ0) is 21.8. The highest BCUT2D eigenvalue weighted by Crippen LogP contribution is 2.26. The molecule has 4 aromatic rings. The maximum atomic E-state index is 12.8. The Balaban J connectivity index is 1.51. The van der Waals surface area contributed by atoms with Crippen molar-refractivity contribution in [3.63, 3.8) is 0 Å². The van der Waals surface area contributed by atoms with Gasteiger partial charge in [-0.3, -0.25) is 4.79 Å². The molecule has 1 aromatic heterocycles. The van der Waals surface area contributed by atoms with Crippen LogP contribution in [0.4, 0.5) is 0 Å². The molecule has 0 saturated heterocycles. The van der Waals surface area contributed by atoms with Gasteiger partial charge in [0.2, 0.25) is 11.2 Å². The second kappa shape index (κ2) is 8.92. The Morgan fingerprint density at radius 3 is 2.58 bits per heavy atom. The predicted octanol–water partition coefficient (Wildman–Crippen LogP) is 5.46. The Labute approximate surface area is 179 Å². The van der Waals surface area contributed by atoms with Crippen LogP contribution in [-0.2, 0) is 9.53 Å². The van der Waals surface area contributed by atoms with E-state index < -0.39 is 5.97 Å². The lowest BCUT2D eigenvalue weighted by Gasteiger charge is -2.11. The molecule has 6 nitrogen and oxygen atoms in total. The summed E-state index contributed by atoms with van der Waals surface area (Å²) < 4.78 is 22.0. The summed E-state index contributed by atoms with van der Waals surface area (Å²) in [7, 11) is 0. The lowest BCUT2D eigenvalue weighted by Crippen LogP contribution is -2.20. The van der Waals surface area contributed by atoms with E-state index in [4.69, 9.17) is 18.6 Å². The summed E-state index contributed by atoms with van der Waals surface area (Å²) in [6.45, 7) is 3.53. The fraction of sp³-hybridized carbons (Fsp3) is 0.200. The second-order valence-electron chi connectivity index (χ2n) is 7.20. The van der Waals surface area contributed by atoms with Crippen LogP contribution in [0.3, 0.4) is 0 Å². The van der Waals surface area contributed by atoms with E-state index >= 15 is 0 Å². The van der Waals surface area contributed by atoms with Crippen LogP contribution in [0.15, 0.2) is 76.1 Å². The van der Waals surface area contributed by atoms with Crippen molar-refractivity contribution in [2.45, 2.75) is 26.4 Å². The van der Waals surface area contributed by atoms with Crippen LogP contribution in [0.2, 0.25) is 0 Å². The van der Waals surface area contributed by atoms with E-state index in [2.05, 4.69) is 0 Å². The van der Waals surface area contributed by atoms with Crippen molar-refractivity contribution in [1.29, 1.82) is 0 Å². The number of fused-ring (bicyclic) bond motifs is 2. The monoisotopic (exact) mass is 418 g/mol. The van der Waals surface area contributed by atoms with Crippen molar-refractivity contribution >= 4 is 27.7 Å². The third-order valence-corrected chi connectivity index (χ3v) is 4.93. The molecule has 0 spiro atoms. The number of carbonyl (C=O) groups is 1. The summed E-state index contributed by atoms with van der Waals surface area (Å²) in [6.07, 6.45) is 1.85. The molecule has 1 atom stereocenters. The Morgan fingerprint density at radius 1 is 1.00 bits per heavy atom. The Bertz CT molecular complexity index is 1290. The summed E-state index contributed by atoms with van der Waals surface area (Å²) in [5, 5.41) is 2.45. The average molecular weight is 418 g/mol. The molecule has 0 amide bonds. The molecule has 6 heteroatoms. The fourth-order valence-corrected chi connectivity index (χ4v) is 3.09. The van der Waals surface area contributed by atoms with Crippen molar-refractivity contribution in [3.8, 4) is 17.2 Å². The second-order valence-corrected chi connectivity index (χ2v) is 7.20. The molecule has 0 fully saturated rings. The van der Waals surface area contributed by atoms with Crippen molar-refractivity contribution in [1.82, 2.24) is 0 Å². The minimum Gasteiger partial charge on any atom is -0.482 e. The fourth-order valence-electron chi connectivity index (χ4n) is 3.09. The molecule has 0 aliphatic carbocycles. The minimum absolute atomic E-state index is 0.0913. The van der Waals surface area contributed by atoms with Gasteiger partial charge in [-0.05, 0) is 48.4 Å². The zero-order valence-electron chi connectivity index (χ0n) is 17.3. The summed E-state index contributed by atoms with van der Waals surface area (Å²) >= 11 is 0. The number of esters is 1. The molecule has 0 radical (unpaired) electrons. The Hall–Kier alpha value is -3.80. The Morgan fingerprint density at radius 2 is 1.77 bits per heavy atom. The standard InChI is InChI=1S/C25H22O6/c1-3-16(2)30-24(26)15-28-19-10-11-21-22(13-19)29-14-23(25(21)27)31-20-9-8-17-6-4-5-7-18(17)12-20/h4-14,16H,3,15H2,1-2H3. The first-order valence-electron chi connectivity index (χ1n) is 10.1. The van der Waals surface area contributed by atoms with Crippen molar-refractivity contribution in [3.05, 3.63) is 77.2 Å². The van der Waals surface area contributed by atoms with Gasteiger partial charge in [0, 0.05) is 6.07 Å². The third-order valence-electron chi connectivity index (χ3n) is 4.93. The largest absolute Gasteiger partial charge is 0.482 e. The van der Waals surface area contributed by atoms with Gasteiger partial charge < -0.3 is 18.6 Å². The van der Waals surface area contributed by atoms with E-state index in [-0.39, 0.29) is 23.9 Å². The first-order valence-corrected chi connectivity index (χ1v) is 10.1. The van der Waals surface area contributed by atoms with Gasteiger partial charge >= 0.3 is 5.97 Å². The van der Waals surface area contributed by atoms with Gasteiger partial charge in [0.05, 0.1) is 11.5 Å². The van der Waals surface area contributed by atoms with E-state index in [1.54, 1.807) is 24.3 Å². The zero-order valence-corrected chi connectivity index (χ0v) is 17.3. The summed E-state index contributed by atoms with van der Waals surface area (Å²) in [4.78, 5) is 24.6. The lowest BCUT2D eigenvalue weighted by molar-refractivity contribution is -0.150. The minimum atomic E-state index is -0.449. The van der Waals surface area contributed by atoms with E-state index in [1.807, 2.05) is 50.2 Å². The molecule has 1 heterocycles. The number of rotatable bonds is 7. The van der Waals surface area contributed by atoms with Crippen LogP contribution >= 0.6 is 0 Å². The normalized spacial score (nSPS) is 11.9. The summed E-state index contributed by atoms with van der Waals surface area (Å²) in [5.74, 6) is 0.591. The third kappa shape index (κ3) is 4.69. The topological polar surface area (TPSA) is 75.0 Å². The first kappa shape index (κ1) is 20.5. The highest BCUT2D eigenvalue weighted by Gasteiger charge is 2.12. The molecule has 0 bridgehead atoms. The molecule has 1 unspecified atom stereocenters. The molecule has 0 saturated carbocycles. The SMILES string of the molecule is CCC(C)OC(=O)COc1ccc2c(=O)c(Oc3ccc4ccccc4c3)coc2c1. The van der Waals surface area contributed by atoms with Crippen molar-refractivity contribution < 1.29 is 23.4 Å². The van der Waals surface area contributed by atoms with Gasteiger partial charge in [-0.25, -0.2) is 4.79 Å². The highest BCUT2D eigenvalue weighted by atomic mass is 16.6. The molecule has 158 valence electrons. The lowest BCUT2D eigenvalue weighted by atomic mass is 10.1. The summed E-state index contributed by atoms with van der Waals surface area (Å²) in [5.41, 5.74) is 0.0424. The van der Waals surface area contributed by atoms with Crippen LogP contribution in [-0.4, -0.2) is 18.7 Å². The van der Waals surface area contributed by atoms with Gasteiger partial charge in [0.15, 0.2) is 6.61 Å². The van der Waals surface area contributed by atoms with Gasteiger partial charge in [-0.2, -0.15) is 0 Å². The van der Waals surface area contributed by atoms with Crippen LogP contribution in [0.25, 0.3) is 21.7 Å². The van der Waals surface area contributed by atoms with Crippen molar-refractivity contribution in [2.24, 2.45) is 0 Å². The Kier molecular flexibility index (Phi) is 5.89. The molecule has 0 N–H and O–H groups in total. The maximum Gasteiger partial charge on any atom is 0.344 e. The molecule has 0 aliphatic rings. The maximum absolute atomic E-state index is 12.8. The average Bonchev–Trinajstić information content (AvgIpc) is 2.79. The molecular weight excluding hydrogens is 396 g/mol. The van der Waals surface area contributed by atoms with Crippen molar-refractivity contribution in [2.75, 3.05) is 6.61 Å². The van der Waals surface area contributed by atoms with E-state index in [9.17, 15) is 9.59 Å². The molecule has 3 aromatic carbocycles. The molecule has 0 aliphatic heterocycles. The number of hydrogen-bond acceptors (Lipinski definition) is 6. The van der Waals surface area contributed by atoms with Crippen LogP contribution in [0, 0.1) is 0 Å². The molecule has 31 heavy (non-hydrogen) atoms. The van der Waals surface area contributed by atoms with Gasteiger partial charge in [0.25, 0.3) is 0 Å². The van der Waals surface area contributed by atoms with Crippen LogP contribution in [0.1, 0.15) is 20.3 Å². The van der Waals surface area contributed by atoms with E-state index in [0.29, 0.717) is 22.5 Å².